The number of nitrogens with zero attached hydrogens (tertiary/aromatic N) is 5. The van der Waals surface area contributed by atoms with E-state index in [1.165, 1.54) is 6.07 Å². The number of halogens is 2. The van der Waals surface area contributed by atoms with Gasteiger partial charge in [0.15, 0.2) is 11.5 Å². The van der Waals surface area contributed by atoms with Gasteiger partial charge in [0, 0.05) is 42.0 Å². The Morgan fingerprint density at radius 3 is 2.59 bits per heavy atom. The molecule has 4 aliphatic rings. The van der Waals surface area contributed by atoms with Crippen molar-refractivity contribution in [2.75, 3.05) is 18.0 Å². The van der Waals surface area contributed by atoms with Crippen molar-refractivity contribution in [3.05, 3.63) is 47.0 Å². The van der Waals surface area contributed by atoms with Crippen LogP contribution < -0.4 is 14.4 Å². The van der Waals surface area contributed by atoms with E-state index in [0.29, 0.717) is 13.0 Å². The molecule has 5 heterocycles. The third kappa shape index (κ3) is 3.36. The fraction of sp³-hybridized carbons (Fsp3) is 0.440. The van der Waals surface area contributed by atoms with E-state index in [2.05, 4.69) is 36.3 Å². The fourth-order valence-corrected chi connectivity index (χ4v) is 5.32. The lowest BCUT2D eigenvalue weighted by Crippen LogP contribution is -2.43. The molecule has 0 unspecified atom stereocenters. The SMILES string of the molecule is CC1=NCc2ncnc(N3CCC(C)(C4=NC(C)=C(c5ccc6c(c5)OC(F)(F)O6)C4)CC3)c21. The van der Waals surface area contributed by atoms with E-state index < -0.39 is 6.29 Å². The van der Waals surface area contributed by atoms with Crippen LogP contribution in [0.4, 0.5) is 14.6 Å². The fourth-order valence-electron chi connectivity index (χ4n) is 5.32. The molecule has 176 valence electrons. The number of benzene rings is 1. The van der Waals surface area contributed by atoms with Gasteiger partial charge >= 0.3 is 6.29 Å². The first-order chi connectivity index (χ1) is 16.2. The number of piperidine rings is 1. The third-order valence-electron chi connectivity index (χ3n) is 7.43. The van der Waals surface area contributed by atoms with Gasteiger partial charge in [-0.15, -0.1) is 8.78 Å². The highest BCUT2D eigenvalue weighted by Gasteiger charge is 2.44. The van der Waals surface area contributed by atoms with Crippen molar-refractivity contribution in [1.29, 1.82) is 0 Å². The van der Waals surface area contributed by atoms with Crippen molar-refractivity contribution in [3.8, 4) is 11.5 Å². The number of ether oxygens (including phenoxy) is 2. The molecule has 4 aliphatic heterocycles. The van der Waals surface area contributed by atoms with Gasteiger partial charge in [0.2, 0.25) is 0 Å². The quantitative estimate of drug-likeness (QED) is 0.638. The Kier molecular flexibility index (Phi) is 4.56. The maximum atomic E-state index is 13.4. The molecule has 6 rings (SSSR count). The van der Waals surface area contributed by atoms with Crippen LogP contribution in [-0.2, 0) is 6.54 Å². The number of aliphatic imine (C=N–C) groups is 2. The monoisotopic (exact) mass is 465 g/mol. The lowest BCUT2D eigenvalue weighted by molar-refractivity contribution is -0.286. The summed E-state index contributed by atoms with van der Waals surface area (Å²) in [5.41, 5.74) is 6.99. The second-order valence-electron chi connectivity index (χ2n) is 9.60. The highest BCUT2D eigenvalue weighted by Crippen LogP contribution is 2.46. The van der Waals surface area contributed by atoms with Gasteiger partial charge in [0.05, 0.1) is 17.8 Å². The van der Waals surface area contributed by atoms with E-state index in [1.807, 2.05) is 13.8 Å². The zero-order valence-corrected chi connectivity index (χ0v) is 19.4. The molecule has 0 amide bonds. The number of hydrogen-bond donors (Lipinski definition) is 0. The van der Waals surface area contributed by atoms with E-state index in [-0.39, 0.29) is 16.9 Å². The first-order valence-corrected chi connectivity index (χ1v) is 11.5. The zero-order valence-electron chi connectivity index (χ0n) is 19.4. The van der Waals surface area contributed by atoms with Crippen LogP contribution in [0.3, 0.4) is 0 Å². The third-order valence-corrected chi connectivity index (χ3v) is 7.43. The molecule has 0 spiro atoms. The average molecular weight is 466 g/mol. The summed E-state index contributed by atoms with van der Waals surface area (Å²) in [5, 5.41) is 0. The van der Waals surface area contributed by atoms with Crippen LogP contribution in [-0.4, -0.2) is 40.8 Å². The second-order valence-corrected chi connectivity index (χ2v) is 9.60. The summed E-state index contributed by atoms with van der Waals surface area (Å²) in [4.78, 5) is 20.8. The van der Waals surface area contributed by atoms with E-state index in [4.69, 9.17) is 4.99 Å². The van der Waals surface area contributed by atoms with E-state index in [1.54, 1.807) is 18.5 Å². The molecule has 7 nitrogen and oxygen atoms in total. The molecule has 0 saturated carbocycles. The number of rotatable bonds is 3. The van der Waals surface area contributed by atoms with Crippen LogP contribution in [0.5, 0.6) is 11.5 Å². The molecule has 34 heavy (non-hydrogen) atoms. The molecular weight excluding hydrogens is 440 g/mol. The summed E-state index contributed by atoms with van der Waals surface area (Å²) in [6.07, 6.45) is 0.631. The molecule has 9 heteroatoms. The molecule has 0 N–H and O–H groups in total. The van der Waals surface area contributed by atoms with Crippen LogP contribution in [0.25, 0.3) is 5.57 Å². The molecule has 1 aromatic heterocycles. The maximum absolute atomic E-state index is 13.4. The topological polar surface area (TPSA) is 72.2 Å². The van der Waals surface area contributed by atoms with Crippen molar-refractivity contribution in [1.82, 2.24) is 9.97 Å². The Balaban J connectivity index is 1.17. The maximum Gasteiger partial charge on any atom is 0.586 e. The van der Waals surface area contributed by atoms with Crippen LogP contribution in [0.15, 0.2) is 40.2 Å². The normalized spacial score (nSPS) is 22.1. The van der Waals surface area contributed by atoms with Gasteiger partial charge in [-0.3, -0.25) is 9.98 Å². The predicted octanol–water partition coefficient (Wildman–Crippen LogP) is 5.00. The Morgan fingerprint density at radius 1 is 1.03 bits per heavy atom. The summed E-state index contributed by atoms with van der Waals surface area (Å²) in [6, 6.07) is 4.96. The Labute approximate surface area is 196 Å². The number of allylic oxidation sites excluding steroid dienone is 2. The van der Waals surface area contributed by atoms with Gasteiger partial charge in [0.25, 0.3) is 0 Å². The Bertz CT molecular complexity index is 1290. The predicted molar refractivity (Wildman–Crippen MR) is 125 cm³/mol. The summed E-state index contributed by atoms with van der Waals surface area (Å²) in [6.45, 7) is 8.65. The zero-order chi connectivity index (χ0) is 23.7. The molecule has 1 fully saturated rings. The van der Waals surface area contributed by atoms with Gasteiger partial charge in [0.1, 0.15) is 12.1 Å². The van der Waals surface area contributed by atoms with E-state index in [0.717, 1.165) is 71.3 Å². The minimum absolute atomic E-state index is 0.0395. The van der Waals surface area contributed by atoms with Gasteiger partial charge in [-0.2, -0.15) is 0 Å². The number of anilines is 1. The second kappa shape index (κ2) is 7.32. The number of hydrogen-bond acceptors (Lipinski definition) is 7. The highest BCUT2D eigenvalue weighted by atomic mass is 19.3. The van der Waals surface area contributed by atoms with Crippen molar-refractivity contribution >= 4 is 22.8 Å². The molecular formula is C25H25F2N5O2. The first-order valence-electron chi connectivity index (χ1n) is 11.5. The largest absolute Gasteiger partial charge is 0.586 e. The molecule has 1 saturated heterocycles. The lowest BCUT2D eigenvalue weighted by Gasteiger charge is -2.40. The average Bonchev–Trinajstić information content (AvgIpc) is 3.47. The van der Waals surface area contributed by atoms with Gasteiger partial charge < -0.3 is 14.4 Å². The molecule has 0 aliphatic carbocycles. The van der Waals surface area contributed by atoms with Crippen molar-refractivity contribution in [3.63, 3.8) is 0 Å². The standard InChI is InChI=1S/C25H25F2N5O2/c1-14-17(16-4-5-19-20(10-16)34-25(26,27)33-19)11-21(31-14)24(3)6-8-32(9-7-24)23-22-15(2)28-12-18(22)29-13-30-23/h4-5,10,13H,6-9,11-12H2,1-3H3. The van der Waals surface area contributed by atoms with Crippen LogP contribution >= 0.6 is 0 Å². The lowest BCUT2D eigenvalue weighted by atomic mass is 9.74. The van der Waals surface area contributed by atoms with E-state index >= 15 is 0 Å². The van der Waals surface area contributed by atoms with Crippen LogP contribution in [0.1, 0.15) is 56.9 Å². The van der Waals surface area contributed by atoms with Crippen LogP contribution in [0, 0.1) is 5.41 Å². The summed E-state index contributed by atoms with van der Waals surface area (Å²) < 4.78 is 36.0. The number of aromatic nitrogens is 2. The van der Waals surface area contributed by atoms with Crippen molar-refractivity contribution < 1.29 is 18.3 Å². The molecule has 0 radical (unpaired) electrons. The minimum atomic E-state index is -3.61. The van der Waals surface area contributed by atoms with Crippen molar-refractivity contribution in [2.45, 2.75) is 52.9 Å². The number of alkyl halides is 2. The highest BCUT2D eigenvalue weighted by molar-refractivity contribution is 6.06. The number of fused-ring (bicyclic) bond motifs is 2. The summed E-state index contributed by atoms with van der Waals surface area (Å²) >= 11 is 0. The van der Waals surface area contributed by atoms with Gasteiger partial charge in [-0.25, -0.2) is 9.97 Å². The molecule has 1 aromatic carbocycles. The minimum Gasteiger partial charge on any atom is -0.395 e. The van der Waals surface area contributed by atoms with Crippen molar-refractivity contribution in [2.24, 2.45) is 15.4 Å². The molecule has 0 bridgehead atoms. The van der Waals surface area contributed by atoms with Crippen LogP contribution in [0.2, 0.25) is 0 Å². The first kappa shape index (κ1) is 21.2. The van der Waals surface area contributed by atoms with E-state index in [9.17, 15) is 8.78 Å². The van der Waals surface area contributed by atoms with Gasteiger partial charge in [-0.1, -0.05) is 13.0 Å². The molecule has 2 aromatic rings. The summed E-state index contributed by atoms with van der Waals surface area (Å²) in [5.74, 6) is 1.10. The summed E-state index contributed by atoms with van der Waals surface area (Å²) in [7, 11) is 0. The smallest absolute Gasteiger partial charge is 0.395 e. The van der Waals surface area contributed by atoms with Gasteiger partial charge in [-0.05, 0) is 50.0 Å². The molecule has 0 atom stereocenters. The Hall–Kier alpha value is -3.36. The Morgan fingerprint density at radius 2 is 1.79 bits per heavy atom.